The highest BCUT2D eigenvalue weighted by molar-refractivity contribution is 14.1. The minimum atomic E-state index is -0.378. The zero-order valence-electron chi connectivity index (χ0n) is 12.5. The number of carbonyl (C=O) groups excluding carboxylic acids is 1. The van der Waals surface area contributed by atoms with Crippen LogP contribution in [-0.4, -0.2) is 36.7 Å². The van der Waals surface area contributed by atoms with Gasteiger partial charge in [-0.2, -0.15) is 0 Å². The van der Waals surface area contributed by atoms with E-state index in [0.29, 0.717) is 5.33 Å². The van der Waals surface area contributed by atoms with Crippen molar-refractivity contribution in [1.82, 2.24) is 4.90 Å². The fraction of sp³-hybridized carbons (Fsp3) is 0.562. The van der Waals surface area contributed by atoms with E-state index in [1.54, 1.807) is 0 Å². The first kappa shape index (κ1) is 18.1. The summed E-state index contributed by atoms with van der Waals surface area (Å²) in [6.45, 7) is 3.16. The van der Waals surface area contributed by atoms with E-state index in [9.17, 15) is 4.79 Å². The van der Waals surface area contributed by atoms with Gasteiger partial charge in [0.1, 0.15) is 0 Å². The van der Waals surface area contributed by atoms with Crippen LogP contribution in [0.3, 0.4) is 0 Å². The molecule has 0 aliphatic rings. The van der Waals surface area contributed by atoms with E-state index in [1.807, 2.05) is 6.07 Å². The molecule has 0 fully saturated rings. The van der Waals surface area contributed by atoms with Crippen molar-refractivity contribution in [1.29, 1.82) is 0 Å². The Bertz CT molecular complexity index is 450. The average Bonchev–Trinajstić information content (AvgIpc) is 2.42. The van der Waals surface area contributed by atoms with Crippen molar-refractivity contribution in [3.63, 3.8) is 0 Å². The molecule has 20 heavy (non-hydrogen) atoms. The topological polar surface area (TPSA) is 20.3 Å². The van der Waals surface area contributed by atoms with Crippen LogP contribution in [0.2, 0.25) is 0 Å². The number of Topliss-reactive ketones (excluding diaryl/α,β-unsaturated/α-hetero) is 1. The summed E-state index contributed by atoms with van der Waals surface area (Å²) < 4.78 is 1.18. The number of alkyl halides is 1. The molecule has 4 heteroatoms. The van der Waals surface area contributed by atoms with Gasteiger partial charge >= 0.3 is 0 Å². The van der Waals surface area contributed by atoms with Crippen LogP contribution in [0.4, 0.5) is 0 Å². The Hall–Kier alpha value is 0.0600. The van der Waals surface area contributed by atoms with Gasteiger partial charge in [0.2, 0.25) is 0 Å². The number of ketones is 1. The van der Waals surface area contributed by atoms with Gasteiger partial charge in [-0.15, -0.1) is 0 Å². The van der Waals surface area contributed by atoms with Crippen molar-refractivity contribution in [2.45, 2.75) is 31.6 Å². The molecule has 112 valence electrons. The summed E-state index contributed by atoms with van der Waals surface area (Å²) in [5.74, 6) is 0.268. The molecule has 1 aromatic rings. The minimum Gasteiger partial charge on any atom is -0.309 e. The quantitative estimate of drug-likeness (QED) is 0.334. The monoisotopic (exact) mass is 451 g/mol. The molecule has 0 radical (unpaired) electrons. The van der Waals surface area contributed by atoms with Crippen LogP contribution in [0, 0.1) is 3.57 Å². The van der Waals surface area contributed by atoms with Gasteiger partial charge in [-0.05, 0) is 80.7 Å². The first-order chi connectivity index (χ1) is 9.40. The molecule has 0 aromatic heterocycles. The summed E-state index contributed by atoms with van der Waals surface area (Å²) in [5, 5.41) is 0.419. The van der Waals surface area contributed by atoms with Crippen LogP contribution in [0.5, 0.6) is 0 Å². The molecule has 0 aliphatic heterocycles. The zero-order chi connectivity index (χ0) is 15.2. The molecule has 1 aromatic carbocycles. The summed E-state index contributed by atoms with van der Waals surface area (Å²) in [6, 6.07) is 8.31. The van der Waals surface area contributed by atoms with Crippen molar-refractivity contribution in [3.05, 3.63) is 33.4 Å². The van der Waals surface area contributed by atoms with Gasteiger partial charge in [0.15, 0.2) is 5.78 Å². The lowest BCUT2D eigenvalue weighted by atomic mass is 9.75. The number of nitrogens with zero attached hydrogens (tertiary/aromatic N) is 1. The number of halogens is 2. The third kappa shape index (κ3) is 5.11. The molecule has 0 heterocycles. The van der Waals surface area contributed by atoms with Gasteiger partial charge in [0.05, 0.1) is 10.7 Å². The zero-order valence-corrected chi connectivity index (χ0v) is 16.2. The molecule has 0 N–H and O–H groups in total. The Morgan fingerprint density at radius 2 is 2.05 bits per heavy atom. The van der Waals surface area contributed by atoms with Crippen molar-refractivity contribution in [2.24, 2.45) is 0 Å². The first-order valence-corrected chi connectivity index (χ1v) is 9.10. The van der Waals surface area contributed by atoms with Gasteiger partial charge in [-0.25, -0.2) is 0 Å². The lowest BCUT2D eigenvalue weighted by Crippen LogP contribution is -2.34. The van der Waals surface area contributed by atoms with E-state index in [2.05, 4.69) is 82.6 Å². The number of carbonyl (C=O) groups is 1. The van der Waals surface area contributed by atoms with E-state index in [4.69, 9.17) is 0 Å². The summed E-state index contributed by atoms with van der Waals surface area (Å²) in [5.41, 5.74) is 0.760. The molecule has 0 spiro atoms. The molecule has 1 atom stereocenters. The molecule has 0 saturated carbocycles. The molecule has 0 amide bonds. The maximum absolute atomic E-state index is 12.4. The van der Waals surface area contributed by atoms with E-state index in [0.717, 1.165) is 31.4 Å². The number of benzene rings is 1. The van der Waals surface area contributed by atoms with Crippen molar-refractivity contribution in [2.75, 3.05) is 26.0 Å². The second-order valence-corrected chi connectivity index (χ2v) is 7.47. The molecule has 1 rings (SSSR count). The second kappa shape index (κ2) is 8.49. The molecule has 1 unspecified atom stereocenters. The molecule has 0 aliphatic carbocycles. The average molecular weight is 452 g/mol. The highest BCUT2D eigenvalue weighted by atomic mass is 127. The highest BCUT2D eigenvalue weighted by Gasteiger charge is 2.33. The first-order valence-electron chi connectivity index (χ1n) is 6.90. The van der Waals surface area contributed by atoms with E-state index in [1.165, 1.54) is 3.57 Å². The van der Waals surface area contributed by atoms with Crippen molar-refractivity contribution < 1.29 is 4.79 Å². The minimum absolute atomic E-state index is 0.268. The Kier molecular flexibility index (Phi) is 7.69. The molecule has 2 nitrogen and oxygen atoms in total. The number of rotatable bonds is 8. The lowest BCUT2D eigenvalue weighted by Gasteiger charge is -2.28. The Balaban J connectivity index is 2.84. The molecule has 0 bridgehead atoms. The van der Waals surface area contributed by atoms with Gasteiger partial charge in [0, 0.05) is 3.57 Å². The standard InChI is InChI=1S/C16H23BrINO/c1-16(15(20)12-17,9-4-5-10-19(2)3)13-7-6-8-14(18)11-13/h6-8,11H,4-5,9-10,12H2,1-3H3. The molecule has 0 saturated heterocycles. The Labute approximate surface area is 144 Å². The second-order valence-electron chi connectivity index (χ2n) is 5.66. The van der Waals surface area contributed by atoms with Crippen LogP contribution in [0.1, 0.15) is 31.7 Å². The third-order valence-electron chi connectivity index (χ3n) is 3.73. The summed E-state index contributed by atoms with van der Waals surface area (Å²) >= 11 is 5.64. The van der Waals surface area contributed by atoms with Gasteiger partial charge < -0.3 is 4.90 Å². The SMILES string of the molecule is CN(C)CCCCC(C)(C(=O)CBr)c1cccc(I)c1. The lowest BCUT2D eigenvalue weighted by molar-refractivity contribution is -0.121. The fourth-order valence-electron chi connectivity index (χ4n) is 2.33. The molecular weight excluding hydrogens is 429 g/mol. The van der Waals surface area contributed by atoms with Crippen molar-refractivity contribution in [3.8, 4) is 0 Å². The predicted octanol–water partition coefficient (Wildman–Crippen LogP) is 4.24. The third-order valence-corrected chi connectivity index (χ3v) is 4.91. The van der Waals surface area contributed by atoms with E-state index >= 15 is 0 Å². The van der Waals surface area contributed by atoms with Crippen LogP contribution >= 0.6 is 38.5 Å². The number of hydrogen-bond donors (Lipinski definition) is 0. The van der Waals surface area contributed by atoms with Crippen LogP contribution in [0.15, 0.2) is 24.3 Å². The molecular formula is C16H23BrINO. The number of unbranched alkanes of at least 4 members (excludes halogenated alkanes) is 1. The van der Waals surface area contributed by atoms with Crippen molar-refractivity contribution >= 4 is 44.3 Å². The van der Waals surface area contributed by atoms with Gasteiger partial charge in [0.25, 0.3) is 0 Å². The van der Waals surface area contributed by atoms with Gasteiger partial charge in [-0.3, -0.25) is 4.79 Å². The Morgan fingerprint density at radius 1 is 1.35 bits per heavy atom. The maximum Gasteiger partial charge on any atom is 0.153 e. The van der Waals surface area contributed by atoms with Crippen LogP contribution < -0.4 is 0 Å². The van der Waals surface area contributed by atoms with Gasteiger partial charge in [-0.1, -0.05) is 34.5 Å². The van der Waals surface area contributed by atoms with Crippen LogP contribution in [0.25, 0.3) is 0 Å². The fourth-order valence-corrected chi connectivity index (χ4v) is 3.49. The normalized spacial score (nSPS) is 14.3. The summed E-state index contributed by atoms with van der Waals surface area (Å²) in [6.07, 6.45) is 3.10. The summed E-state index contributed by atoms with van der Waals surface area (Å²) in [7, 11) is 4.17. The van der Waals surface area contributed by atoms with Crippen LogP contribution in [-0.2, 0) is 10.2 Å². The Morgan fingerprint density at radius 3 is 2.60 bits per heavy atom. The predicted molar refractivity (Wildman–Crippen MR) is 97.7 cm³/mol. The maximum atomic E-state index is 12.4. The van der Waals surface area contributed by atoms with E-state index < -0.39 is 0 Å². The number of hydrogen-bond acceptors (Lipinski definition) is 2. The highest BCUT2D eigenvalue weighted by Crippen LogP contribution is 2.32. The van der Waals surface area contributed by atoms with E-state index in [-0.39, 0.29) is 11.2 Å². The largest absolute Gasteiger partial charge is 0.309 e. The summed E-state index contributed by atoms with van der Waals surface area (Å²) in [4.78, 5) is 14.6. The smallest absolute Gasteiger partial charge is 0.153 e.